The number of nitrogens with one attached hydrogen (secondary N) is 1. The predicted octanol–water partition coefficient (Wildman–Crippen LogP) is 3.26. The first-order valence-corrected chi connectivity index (χ1v) is 7.52. The van der Waals surface area contributed by atoms with Gasteiger partial charge in [0.05, 0.1) is 15.7 Å². The van der Waals surface area contributed by atoms with Gasteiger partial charge >= 0.3 is 0 Å². The Hall–Kier alpha value is -1.26. The standard InChI is InChI=1S/C15H18Cl2N2O2/c1-8(2)12-13(20)18-15(3,4)14(21)19(12)10-7-5-6-9(16)11(10)17/h5-8,12H,1-4H3,(H,18,20). The molecule has 1 aromatic carbocycles. The lowest BCUT2D eigenvalue weighted by Crippen LogP contribution is -2.69. The monoisotopic (exact) mass is 328 g/mol. The zero-order valence-electron chi connectivity index (χ0n) is 12.4. The van der Waals surface area contributed by atoms with Gasteiger partial charge in [0.1, 0.15) is 11.6 Å². The van der Waals surface area contributed by atoms with Crippen LogP contribution < -0.4 is 10.2 Å². The first-order chi connectivity index (χ1) is 9.66. The molecular weight excluding hydrogens is 311 g/mol. The van der Waals surface area contributed by atoms with E-state index >= 15 is 0 Å². The fraction of sp³-hybridized carbons (Fsp3) is 0.467. The molecule has 1 saturated heterocycles. The Morgan fingerprint density at radius 3 is 2.43 bits per heavy atom. The minimum absolute atomic E-state index is 0.0555. The summed E-state index contributed by atoms with van der Waals surface area (Å²) >= 11 is 12.3. The van der Waals surface area contributed by atoms with Gasteiger partial charge in [0, 0.05) is 0 Å². The van der Waals surface area contributed by atoms with Crippen molar-refractivity contribution in [2.45, 2.75) is 39.3 Å². The molecule has 4 nitrogen and oxygen atoms in total. The number of nitrogens with zero attached hydrogens (tertiary/aromatic N) is 1. The number of benzene rings is 1. The van der Waals surface area contributed by atoms with Crippen LogP contribution in [0.25, 0.3) is 0 Å². The van der Waals surface area contributed by atoms with Crippen molar-refractivity contribution in [3.63, 3.8) is 0 Å². The molecule has 1 aliphatic rings. The number of anilines is 1. The smallest absolute Gasteiger partial charge is 0.252 e. The van der Waals surface area contributed by atoms with Crippen molar-refractivity contribution in [1.82, 2.24) is 5.32 Å². The van der Waals surface area contributed by atoms with Crippen LogP contribution in [-0.4, -0.2) is 23.4 Å². The Morgan fingerprint density at radius 2 is 1.86 bits per heavy atom. The van der Waals surface area contributed by atoms with Crippen LogP contribution in [0, 0.1) is 5.92 Å². The molecular formula is C15H18Cl2N2O2. The summed E-state index contributed by atoms with van der Waals surface area (Å²) in [6.45, 7) is 7.13. The molecule has 0 aromatic heterocycles. The quantitative estimate of drug-likeness (QED) is 0.905. The van der Waals surface area contributed by atoms with Gasteiger partial charge in [-0.1, -0.05) is 43.1 Å². The Balaban J connectivity index is 2.61. The van der Waals surface area contributed by atoms with Gasteiger partial charge in [-0.15, -0.1) is 0 Å². The molecule has 1 heterocycles. The molecule has 2 rings (SSSR count). The van der Waals surface area contributed by atoms with Crippen molar-refractivity contribution in [1.29, 1.82) is 0 Å². The van der Waals surface area contributed by atoms with Crippen LogP contribution in [0.4, 0.5) is 5.69 Å². The van der Waals surface area contributed by atoms with Gasteiger partial charge in [0.2, 0.25) is 5.91 Å². The van der Waals surface area contributed by atoms with E-state index in [0.717, 1.165) is 0 Å². The molecule has 21 heavy (non-hydrogen) atoms. The van der Waals surface area contributed by atoms with Gasteiger partial charge in [0.25, 0.3) is 5.91 Å². The van der Waals surface area contributed by atoms with Crippen LogP contribution >= 0.6 is 23.2 Å². The van der Waals surface area contributed by atoms with Crippen LogP contribution in [0.15, 0.2) is 18.2 Å². The van der Waals surface area contributed by atoms with Crippen molar-refractivity contribution in [2.24, 2.45) is 5.92 Å². The van der Waals surface area contributed by atoms with E-state index in [1.807, 2.05) is 13.8 Å². The molecule has 1 fully saturated rings. The number of carbonyl (C=O) groups is 2. The second-order valence-corrected chi connectivity index (χ2v) is 6.84. The largest absolute Gasteiger partial charge is 0.340 e. The molecule has 0 saturated carbocycles. The molecule has 1 aromatic rings. The van der Waals surface area contributed by atoms with Gasteiger partial charge in [-0.3, -0.25) is 14.5 Å². The van der Waals surface area contributed by atoms with Gasteiger partial charge in [-0.25, -0.2) is 0 Å². The molecule has 1 atom stereocenters. The van der Waals surface area contributed by atoms with E-state index in [1.54, 1.807) is 32.0 Å². The van der Waals surface area contributed by atoms with E-state index in [2.05, 4.69) is 5.32 Å². The maximum Gasteiger partial charge on any atom is 0.252 e. The van der Waals surface area contributed by atoms with E-state index in [9.17, 15) is 9.59 Å². The van der Waals surface area contributed by atoms with E-state index in [1.165, 1.54) is 4.90 Å². The molecule has 0 aliphatic carbocycles. The van der Waals surface area contributed by atoms with Crippen molar-refractivity contribution in [3.05, 3.63) is 28.2 Å². The number of rotatable bonds is 2. The summed E-state index contributed by atoms with van der Waals surface area (Å²) in [6, 6.07) is 4.46. The third kappa shape index (κ3) is 2.74. The third-order valence-electron chi connectivity index (χ3n) is 3.56. The number of hydrogen-bond donors (Lipinski definition) is 1. The first kappa shape index (κ1) is 16.1. The van der Waals surface area contributed by atoms with Crippen LogP contribution in [0.3, 0.4) is 0 Å². The van der Waals surface area contributed by atoms with Gasteiger partial charge < -0.3 is 5.32 Å². The van der Waals surface area contributed by atoms with E-state index < -0.39 is 11.6 Å². The van der Waals surface area contributed by atoms with E-state index in [-0.39, 0.29) is 22.8 Å². The maximum atomic E-state index is 12.8. The zero-order valence-corrected chi connectivity index (χ0v) is 13.9. The molecule has 0 bridgehead atoms. The topological polar surface area (TPSA) is 49.4 Å². The van der Waals surface area contributed by atoms with Gasteiger partial charge in [-0.05, 0) is 31.9 Å². The first-order valence-electron chi connectivity index (χ1n) is 6.76. The third-order valence-corrected chi connectivity index (χ3v) is 4.37. The summed E-state index contributed by atoms with van der Waals surface area (Å²) in [6.07, 6.45) is 0. The molecule has 1 unspecified atom stereocenters. The molecule has 0 spiro atoms. The number of hydrogen-bond acceptors (Lipinski definition) is 2. The zero-order chi connectivity index (χ0) is 15.9. The van der Waals surface area contributed by atoms with Crippen molar-refractivity contribution >= 4 is 40.7 Å². The van der Waals surface area contributed by atoms with Crippen molar-refractivity contribution in [2.75, 3.05) is 4.90 Å². The summed E-state index contributed by atoms with van der Waals surface area (Å²) < 4.78 is 0. The van der Waals surface area contributed by atoms with Gasteiger partial charge in [0.15, 0.2) is 0 Å². The van der Waals surface area contributed by atoms with Crippen LogP contribution in [0.2, 0.25) is 10.0 Å². The lowest BCUT2D eigenvalue weighted by molar-refractivity contribution is -0.138. The summed E-state index contributed by atoms with van der Waals surface area (Å²) in [5, 5.41) is 3.40. The predicted molar refractivity (Wildman–Crippen MR) is 84.8 cm³/mol. The molecule has 2 amide bonds. The highest BCUT2D eigenvalue weighted by Gasteiger charge is 2.47. The van der Waals surface area contributed by atoms with Crippen molar-refractivity contribution < 1.29 is 9.59 Å². The minimum Gasteiger partial charge on any atom is -0.340 e. The highest BCUT2D eigenvalue weighted by molar-refractivity contribution is 6.44. The van der Waals surface area contributed by atoms with Crippen LogP contribution in [-0.2, 0) is 9.59 Å². The number of halogens is 2. The lowest BCUT2D eigenvalue weighted by atomic mass is 9.91. The number of carbonyl (C=O) groups excluding carboxylic acids is 2. The Kier molecular flexibility index (Phi) is 4.22. The Labute approximate surface area is 134 Å². The summed E-state index contributed by atoms with van der Waals surface area (Å²) in [4.78, 5) is 26.6. The molecule has 114 valence electrons. The van der Waals surface area contributed by atoms with Crippen LogP contribution in [0.1, 0.15) is 27.7 Å². The average Bonchev–Trinajstić information content (AvgIpc) is 2.36. The average molecular weight is 329 g/mol. The molecule has 1 N–H and O–H groups in total. The maximum absolute atomic E-state index is 12.8. The Bertz CT molecular complexity index is 599. The summed E-state index contributed by atoms with van der Waals surface area (Å²) in [5.74, 6) is -0.448. The van der Waals surface area contributed by atoms with E-state index in [4.69, 9.17) is 23.2 Å². The fourth-order valence-electron chi connectivity index (χ4n) is 2.52. The second-order valence-electron chi connectivity index (χ2n) is 6.05. The SMILES string of the molecule is CC(C)C1C(=O)NC(C)(C)C(=O)N1c1cccc(Cl)c1Cl. The van der Waals surface area contributed by atoms with E-state index in [0.29, 0.717) is 10.7 Å². The molecule has 0 radical (unpaired) electrons. The highest BCUT2D eigenvalue weighted by atomic mass is 35.5. The summed E-state index contributed by atoms with van der Waals surface area (Å²) in [5.41, 5.74) is -0.510. The molecule has 1 aliphatic heterocycles. The highest BCUT2D eigenvalue weighted by Crippen LogP contribution is 2.37. The minimum atomic E-state index is -0.978. The van der Waals surface area contributed by atoms with Crippen LogP contribution in [0.5, 0.6) is 0 Å². The molecule has 6 heteroatoms. The Morgan fingerprint density at radius 1 is 1.24 bits per heavy atom. The van der Waals surface area contributed by atoms with Crippen molar-refractivity contribution in [3.8, 4) is 0 Å². The van der Waals surface area contributed by atoms with Gasteiger partial charge in [-0.2, -0.15) is 0 Å². The normalized spacial score (nSPS) is 21.7. The number of piperazine rings is 1. The fourth-order valence-corrected chi connectivity index (χ4v) is 2.91. The summed E-state index contributed by atoms with van der Waals surface area (Å²) in [7, 11) is 0. The second kappa shape index (κ2) is 5.50. The lowest BCUT2D eigenvalue weighted by Gasteiger charge is -2.44. The number of amides is 2.